The number of quaternary nitrogens is 1. The Bertz CT molecular complexity index is 591. The van der Waals surface area contributed by atoms with E-state index < -0.39 is 0 Å². The van der Waals surface area contributed by atoms with Crippen LogP contribution in [0.5, 0.6) is 0 Å². The second-order valence-electron chi connectivity index (χ2n) is 6.70. The maximum absolute atomic E-state index is 12.4. The molecule has 0 saturated carbocycles. The molecule has 1 aliphatic heterocycles. The third-order valence-electron chi connectivity index (χ3n) is 4.47. The Balaban J connectivity index is 1.97. The smallest absolute Gasteiger partial charge is 0.279 e. The number of benzene rings is 1. The Morgan fingerprint density at radius 1 is 1.20 bits per heavy atom. The summed E-state index contributed by atoms with van der Waals surface area (Å²) in [6.45, 7) is 11.4. The molecule has 138 valence electrons. The van der Waals surface area contributed by atoms with Gasteiger partial charge in [-0.2, -0.15) is 0 Å². The SMILES string of the molecule is CCN(CC)C(=O)c1cccc(NC(=O)C[NH+]2C[C@H](C)O[C@@H](C)C2)c1. The normalized spacial score (nSPS) is 23.1. The average molecular weight is 348 g/mol. The Morgan fingerprint density at radius 3 is 2.44 bits per heavy atom. The van der Waals surface area contributed by atoms with Crippen LogP contribution in [0.2, 0.25) is 0 Å². The van der Waals surface area contributed by atoms with Crippen LogP contribution in [0.1, 0.15) is 38.1 Å². The van der Waals surface area contributed by atoms with Gasteiger partial charge < -0.3 is 19.9 Å². The lowest BCUT2D eigenvalue weighted by Crippen LogP contribution is -3.16. The van der Waals surface area contributed by atoms with Gasteiger partial charge in [0.15, 0.2) is 6.54 Å². The molecular formula is C19H30N3O3+. The van der Waals surface area contributed by atoms with Crippen molar-refractivity contribution >= 4 is 17.5 Å². The first-order valence-electron chi connectivity index (χ1n) is 9.11. The first-order valence-corrected chi connectivity index (χ1v) is 9.11. The third kappa shape index (κ3) is 5.54. The van der Waals surface area contributed by atoms with Gasteiger partial charge >= 0.3 is 0 Å². The van der Waals surface area contributed by atoms with Gasteiger partial charge in [0.05, 0.1) is 0 Å². The van der Waals surface area contributed by atoms with Gasteiger partial charge in [-0.3, -0.25) is 9.59 Å². The van der Waals surface area contributed by atoms with Crippen LogP contribution in [0.25, 0.3) is 0 Å². The van der Waals surface area contributed by atoms with E-state index in [2.05, 4.69) is 5.32 Å². The van der Waals surface area contributed by atoms with Gasteiger partial charge in [-0.1, -0.05) is 6.07 Å². The van der Waals surface area contributed by atoms with Crippen molar-refractivity contribution in [2.75, 3.05) is 38.0 Å². The molecule has 2 amide bonds. The highest BCUT2D eigenvalue weighted by Gasteiger charge is 2.27. The molecule has 2 atom stereocenters. The first kappa shape index (κ1) is 19.4. The monoisotopic (exact) mass is 348 g/mol. The van der Waals surface area contributed by atoms with Crippen LogP contribution in [-0.4, -0.2) is 61.6 Å². The van der Waals surface area contributed by atoms with E-state index in [-0.39, 0.29) is 24.0 Å². The highest BCUT2D eigenvalue weighted by atomic mass is 16.5. The molecule has 1 aromatic rings. The number of morpholine rings is 1. The molecule has 25 heavy (non-hydrogen) atoms. The molecule has 0 radical (unpaired) electrons. The highest BCUT2D eigenvalue weighted by molar-refractivity contribution is 5.97. The van der Waals surface area contributed by atoms with Crippen LogP contribution in [0.4, 0.5) is 5.69 Å². The number of anilines is 1. The standard InChI is InChI=1S/C19H29N3O3/c1-5-22(6-2)19(24)16-8-7-9-17(10-16)20-18(23)13-21-11-14(3)25-15(4)12-21/h7-10,14-15H,5-6,11-13H2,1-4H3,(H,20,23)/p+1/t14-,15-/m0/s1. The molecule has 0 bridgehead atoms. The molecule has 6 heteroatoms. The van der Waals surface area contributed by atoms with Gasteiger partial charge in [0.25, 0.3) is 11.8 Å². The molecule has 1 heterocycles. The fourth-order valence-electron chi connectivity index (χ4n) is 3.39. The van der Waals surface area contributed by atoms with Crippen molar-refractivity contribution in [3.63, 3.8) is 0 Å². The Hall–Kier alpha value is -1.92. The Labute approximate surface area is 150 Å². The van der Waals surface area contributed by atoms with Gasteiger partial charge in [-0.25, -0.2) is 0 Å². The quantitative estimate of drug-likeness (QED) is 0.799. The average Bonchev–Trinajstić information content (AvgIpc) is 2.55. The van der Waals surface area contributed by atoms with E-state index >= 15 is 0 Å². The molecular weight excluding hydrogens is 318 g/mol. The Morgan fingerprint density at radius 2 is 1.84 bits per heavy atom. The summed E-state index contributed by atoms with van der Waals surface area (Å²) in [4.78, 5) is 27.8. The van der Waals surface area contributed by atoms with Crippen LogP contribution < -0.4 is 10.2 Å². The number of rotatable bonds is 6. The predicted octanol–water partition coefficient (Wildman–Crippen LogP) is 0.799. The summed E-state index contributed by atoms with van der Waals surface area (Å²) in [6, 6.07) is 7.15. The number of hydrogen-bond acceptors (Lipinski definition) is 3. The summed E-state index contributed by atoms with van der Waals surface area (Å²) in [7, 11) is 0. The molecule has 0 aromatic heterocycles. The molecule has 2 N–H and O–H groups in total. The van der Waals surface area contributed by atoms with Crippen molar-refractivity contribution in [2.24, 2.45) is 0 Å². The number of amides is 2. The van der Waals surface area contributed by atoms with Crippen molar-refractivity contribution in [3.8, 4) is 0 Å². The largest absolute Gasteiger partial charge is 0.364 e. The van der Waals surface area contributed by atoms with Crippen LogP contribution in [-0.2, 0) is 9.53 Å². The summed E-state index contributed by atoms with van der Waals surface area (Å²) < 4.78 is 5.71. The van der Waals surface area contributed by atoms with E-state index in [9.17, 15) is 9.59 Å². The van der Waals surface area contributed by atoms with E-state index in [1.807, 2.05) is 33.8 Å². The lowest BCUT2D eigenvalue weighted by molar-refractivity contribution is -0.907. The van der Waals surface area contributed by atoms with Gasteiger partial charge in [0.2, 0.25) is 0 Å². The molecule has 1 aromatic carbocycles. The summed E-state index contributed by atoms with van der Waals surface area (Å²) in [5.74, 6) is -0.0497. The molecule has 1 saturated heterocycles. The summed E-state index contributed by atoms with van der Waals surface area (Å²) in [5, 5.41) is 2.92. The molecule has 1 aliphatic rings. The van der Waals surface area contributed by atoms with E-state index in [4.69, 9.17) is 4.74 Å². The van der Waals surface area contributed by atoms with Crippen LogP contribution in [0.15, 0.2) is 24.3 Å². The summed E-state index contributed by atoms with van der Waals surface area (Å²) in [6.07, 6.45) is 0.336. The van der Waals surface area contributed by atoms with E-state index in [0.29, 0.717) is 30.9 Å². The summed E-state index contributed by atoms with van der Waals surface area (Å²) >= 11 is 0. The Kier molecular flexibility index (Phi) is 6.96. The van der Waals surface area contributed by atoms with Gasteiger partial charge in [-0.05, 0) is 45.9 Å². The molecule has 2 rings (SSSR count). The fourth-order valence-corrected chi connectivity index (χ4v) is 3.39. The van der Waals surface area contributed by atoms with Gasteiger partial charge in [0.1, 0.15) is 25.3 Å². The second kappa shape index (κ2) is 8.97. The maximum Gasteiger partial charge on any atom is 0.279 e. The van der Waals surface area contributed by atoms with Crippen LogP contribution in [0.3, 0.4) is 0 Å². The lowest BCUT2D eigenvalue weighted by Gasteiger charge is -2.31. The zero-order chi connectivity index (χ0) is 18.4. The molecule has 1 fully saturated rings. The molecule has 0 spiro atoms. The van der Waals surface area contributed by atoms with E-state index in [1.54, 1.807) is 23.1 Å². The highest BCUT2D eigenvalue weighted by Crippen LogP contribution is 2.12. The topological polar surface area (TPSA) is 63.1 Å². The third-order valence-corrected chi connectivity index (χ3v) is 4.47. The van der Waals surface area contributed by atoms with Gasteiger partial charge in [-0.15, -0.1) is 0 Å². The predicted molar refractivity (Wildman–Crippen MR) is 97.9 cm³/mol. The minimum Gasteiger partial charge on any atom is -0.364 e. The van der Waals surface area contributed by atoms with Crippen molar-refractivity contribution < 1.29 is 19.2 Å². The fraction of sp³-hybridized carbons (Fsp3) is 0.579. The number of nitrogens with zero attached hydrogens (tertiary/aromatic N) is 1. The van der Waals surface area contributed by atoms with Crippen LogP contribution in [0, 0.1) is 0 Å². The van der Waals surface area contributed by atoms with Crippen molar-refractivity contribution in [3.05, 3.63) is 29.8 Å². The zero-order valence-corrected chi connectivity index (χ0v) is 15.7. The first-order chi connectivity index (χ1) is 11.9. The lowest BCUT2D eigenvalue weighted by atomic mass is 10.1. The zero-order valence-electron chi connectivity index (χ0n) is 15.7. The second-order valence-corrected chi connectivity index (χ2v) is 6.70. The summed E-state index contributed by atoms with van der Waals surface area (Å²) in [5.41, 5.74) is 1.26. The van der Waals surface area contributed by atoms with E-state index in [0.717, 1.165) is 13.1 Å². The van der Waals surface area contributed by atoms with E-state index in [1.165, 1.54) is 4.90 Å². The molecule has 0 aliphatic carbocycles. The number of nitrogens with one attached hydrogen (secondary N) is 2. The van der Waals surface area contributed by atoms with Crippen LogP contribution >= 0.6 is 0 Å². The minimum absolute atomic E-state index is 0.0115. The maximum atomic E-state index is 12.4. The van der Waals surface area contributed by atoms with Crippen molar-refractivity contribution in [2.45, 2.75) is 39.9 Å². The molecule has 6 nitrogen and oxygen atoms in total. The number of ether oxygens (including phenoxy) is 1. The molecule has 0 unspecified atom stereocenters. The minimum atomic E-state index is -0.0382. The number of hydrogen-bond donors (Lipinski definition) is 2. The number of carbonyl (C=O) groups excluding carboxylic acids is 2. The number of carbonyl (C=O) groups is 2. The van der Waals surface area contributed by atoms with Gasteiger partial charge in [0, 0.05) is 24.3 Å². The van der Waals surface area contributed by atoms with Crippen molar-refractivity contribution in [1.29, 1.82) is 0 Å². The van der Waals surface area contributed by atoms with Crippen molar-refractivity contribution in [1.82, 2.24) is 4.90 Å².